The number of para-hydroxylation sites is 4. The summed E-state index contributed by atoms with van der Waals surface area (Å²) in [6, 6.07) is 25.8. The Morgan fingerprint density at radius 3 is 2.15 bits per heavy atom. The quantitative estimate of drug-likeness (QED) is 0.155. The Hall–Kier alpha value is -5.71. The van der Waals surface area contributed by atoms with Gasteiger partial charge in [0.1, 0.15) is 11.0 Å². The maximum absolute atomic E-state index is 6.17. The molecule has 52 heavy (non-hydrogen) atoms. The van der Waals surface area contributed by atoms with Gasteiger partial charge in [-0.2, -0.15) is 0 Å². The molecule has 0 aliphatic carbocycles. The lowest BCUT2D eigenvalue weighted by Crippen LogP contribution is -2.20. The van der Waals surface area contributed by atoms with E-state index in [1.807, 2.05) is 66.7 Å². The number of oxazole rings is 2. The number of allylic oxidation sites excluding steroid dienone is 3. The molecule has 0 amide bonds. The summed E-state index contributed by atoms with van der Waals surface area (Å²) in [5.74, 6) is 3.32. The van der Waals surface area contributed by atoms with Crippen molar-refractivity contribution in [1.29, 1.82) is 0 Å². The van der Waals surface area contributed by atoms with Crippen molar-refractivity contribution in [2.24, 2.45) is 11.7 Å². The average Bonchev–Trinajstić information content (AvgIpc) is 4.00. The van der Waals surface area contributed by atoms with Crippen molar-refractivity contribution in [2.75, 3.05) is 26.4 Å². The van der Waals surface area contributed by atoms with E-state index in [2.05, 4.69) is 39.8 Å². The van der Waals surface area contributed by atoms with Crippen molar-refractivity contribution in [3.63, 3.8) is 0 Å². The topological polar surface area (TPSA) is 128 Å². The Bertz CT molecular complexity index is 2300. The van der Waals surface area contributed by atoms with Crippen LogP contribution in [0.4, 0.5) is 0 Å². The average molecular weight is 696 g/mol. The van der Waals surface area contributed by atoms with Crippen LogP contribution in [0.3, 0.4) is 0 Å². The molecule has 4 aromatic heterocycles. The van der Waals surface area contributed by atoms with E-state index < -0.39 is 0 Å². The van der Waals surface area contributed by atoms with Gasteiger partial charge >= 0.3 is 0 Å². The molecule has 0 atom stereocenters. The van der Waals surface area contributed by atoms with Crippen LogP contribution in [0.2, 0.25) is 0 Å². The van der Waals surface area contributed by atoms with E-state index in [1.165, 1.54) is 0 Å². The molecule has 0 saturated carbocycles. The highest BCUT2D eigenvalue weighted by Gasteiger charge is 2.24. The SMILES string of the molecule is C=C(CC1CCOCC1)/C(N)=C\C(=C)c1nc2ccccc2o1.c1coc(-c2nc3cc(-c4nc5ccccc5o4)ccc3n2C2CCOCC2)c1. The maximum Gasteiger partial charge on any atom is 0.227 e. The van der Waals surface area contributed by atoms with Crippen LogP contribution in [-0.4, -0.2) is 45.9 Å². The van der Waals surface area contributed by atoms with Gasteiger partial charge in [-0.3, -0.25) is 0 Å². The van der Waals surface area contributed by atoms with Crippen molar-refractivity contribution in [2.45, 2.75) is 38.1 Å². The molecule has 2 aliphatic heterocycles. The molecular formula is C42H41N5O5. The molecule has 2 fully saturated rings. The molecule has 2 saturated heterocycles. The number of rotatable bonds is 8. The highest BCUT2D eigenvalue weighted by molar-refractivity contribution is 5.85. The monoisotopic (exact) mass is 695 g/mol. The van der Waals surface area contributed by atoms with E-state index >= 15 is 0 Å². The summed E-state index contributed by atoms with van der Waals surface area (Å²) in [6.45, 7) is 11.3. The number of nitrogens with two attached hydrogens (primary N) is 1. The van der Waals surface area contributed by atoms with Crippen LogP contribution >= 0.6 is 0 Å². The lowest BCUT2D eigenvalue weighted by atomic mass is 9.91. The lowest BCUT2D eigenvalue weighted by molar-refractivity contribution is 0.0667. The number of fused-ring (bicyclic) bond motifs is 3. The summed E-state index contributed by atoms with van der Waals surface area (Å²) in [5, 5.41) is 0. The fourth-order valence-electron chi connectivity index (χ4n) is 6.90. The van der Waals surface area contributed by atoms with E-state index in [0.717, 1.165) is 114 Å². The summed E-state index contributed by atoms with van der Waals surface area (Å²) in [7, 11) is 0. The first-order chi connectivity index (χ1) is 25.5. The largest absolute Gasteiger partial charge is 0.461 e. The zero-order valence-electron chi connectivity index (χ0n) is 29.0. The predicted octanol–water partition coefficient (Wildman–Crippen LogP) is 9.51. The van der Waals surface area contributed by atoms with Gasteiger partial charge in [0.2, 0.25) is 11.8 Å². The first-order valence-corrected chi connectivity index (χ1v) is 17.8. The van der Waals surface area contributed by atoms with Crippen molar-refractivity contribution in [3.8, 4) is 23.0 Å². The van der Waals surface area contributed by atoms with Gasteiger partial charge in [0, 0.05) is 49.3 Å². The third kappa shape index (κ3) is 7.08. The number of imidazole rings is 1. The summed E-state index contributed by atoms with van der Waals surface area (Å²) >= 11 is 0. The number of hydrogen-bond acceptors (Lipinski definition) is 9. The molecule has 264 valence electrons. The third-order valence-electron chi connectivity index (χ3n) is 9.71. The Labute approximate surface area is 301 Å². The zero-order chi connectivity index (χ0) is 35.4. The summed E-state index contributed by atoms with van der Waals surface area (Å²) < 4.78 is 30.6. The van der Waals surface area contributed by atoms with Crippen molar-refractivity contribution >= 4 is 38.8 Å². The van der Waals surface area contributed by atoms with Crippen LogP contribution in [0, 0.1) is 5.92 Å². The molecule has 7 aromatic rings. The number of aromatic nitrogens is 4. The predicted molar refractivity (Wildman–Crippen MR) is 202 cm³/mol. The molecular weight excluding hydrogens is 654 g/mol. The Morgan fingerprint density at radius 2 is 1.46 bits per heavy atom. The molecule has 0 radical (unpaired) electrons. The van der Waals surface area contributed by atoms with Gasteiger partial charge < -0.3 is 33.0 Å². The van der Waals surface area contributed by atoms with E-state index in [9.17, 15) is 0 Å². The smallest absolute Gasteiger partial charge is 0.227 e. The third-order valence-corrected chi connectivity index (χ3v) is 9.71. The minimum Gasteiger partial charge on any atom is -0.461 e. The summed E-state index contributed by atoms with van der Waals surface area (Å²) in [4.78, 5) is 14.0. The second-order valence-corrected chi connectivity index (χ2v) is 13.3. The van der Waals surface area contributed by atoms with E-state index in [-0.39, 0.29) is 0 Å². The molecule has 0 spiro atoms. The summed E-state index contributed by atoms with van der Waals surface area (Å²) in [6.07, 6.45) is 8.44. The zero-order valence-corrected chi connectivity index (χ0v) is 29.0. The number of nitrogens with zero attached hydrogens (tertiary/aromatic N) is 4. The van der Waals surface area contributed by atoms with Gasteiger partial charge in [0.15, 0.2) is 22.8 Å². The van der Waals surface area contributed by atoms with Crippen LogP contribution < -0.4 is 5.73 Å². The Morgan fingerprint density at radius 1 is 0.769 bits per heavy atom. The number of ether oxygens (including phenoxy) is 2. The molecule has 2 N–H and O–H groups in total. The minimum atomic E-state index is 0.337. The molecule has 9 rings (SSSR count). The molecule has 10 heteroatoms. The molecule has 0 unspecified atom stereocenters. The number of benzene rings is 3. The fourth-order valence-corrected chi connectivity index (χ4v) is 6.90. The highest BCUT2D eigenvalue weighted by Crippen LogP contribution is 2.35. The van der Waals surface area contributed by atoms with Crippen LogP contribution in [0.5, 0.6) is 0 Å². The summed E-state index contributed by atoms with van der Waals surface area (Å²) in [5.41, 5.74) is 14.5. The molecule has 2 aliphatic rings. The van der Waals surface area contributed by atoms with Crippen LogP contribution in [-0.2, 0) is 9.47 Å². The van der Waals surface area contributed by atoms with E-state index in [1.54, 1.807) is 12.3 Å². The standard InChI is InChI=1S/C23H19N3O3.C19H22N2O2/c1-2-5-20-17(4-1)25-23(29-20)15-7-8-19-18(14-15)24-22(21-6-3-11-28-21)26(19)16-9-12-27-13-10-16;1-13(11-15-7-9-22-10-8-15)16(20)12-14(2)19-21-17-5-3-4-6-18(17)23-19/h1-8,11,14,16H,9-10,12-13H2;3-6,12,15H,1-2,7-11,20H2/b;16-12+. The van der Waals surface area contributed by atoms with E-state index in [4.69, 9.17) is 33.4 Å². The number of hydrogen-bond donors (Lipinski definition) is 1. The highest BCUT2D eigenvalue weighted by atomic mass is 16.5. The Balaban J connectivity index is 0.000000153. The van der Waals surface area contributed by atoms with Gasteiger partial charge in [-0.15, -0.1) is 0 Å². The van der Waals surface area contributed by atoms with Crippen molar-refractivity contribution in [1.82, 2.24) is 19.5 Å². The second-order valence-electron chi connectivity index (χ2n) is 13.3. The molecule has 0 bridgehead atoms. The lowest BCUT2D eigenvalue weighted by Gasteiger charge is -2.25. The first kappa shape index (κ1) is 33.4. The van der Waals surface area contributed by atoms with Crippen molar-refractivity contribution in [3.05, 3.63) is 122 Å². The molecule has 3 aromatic carbocycles. The number of furan rings is 1. The van der Waals surface area contributed by atoms with Gasteiger partial charge in [0.05, 0.1) is 17.3 Å². The second kappa shape index (κ2) is 14.9. The maximum atomic E-state index is 6.17. The van der Waals surface area contributed by atoms with Crippen LogP contribution in [0.1, 0.15) is 44.0 Å². The molecule has 10 nitrogen and oxygen atoms in total. The normalized spacial score (nSPS) is 16.0. The van der Waals surface area contributed by atoms with Gasteiger partial charge in [-0.05, 0) is 104 Å². The Kier molecular flexibility index (Phi) is 9.56. The van der Waals surface area contributed by atoms with E-state index in [0.29, 0.717) is 35.0 Å². The fraction of sp³-hybridized carbons (Fsp3) is 0.262. The molecule has 6 heterocycles. The van der Waals surface area contributed by atoms with Crippen molar-refractivity contribution < 1.29 is 22.7 Å². The van der Waals surface area contributed by atoms with Gasteiger partial charge in [-0.25, -0.2) is 15.0 Å². The minimum absolute atomic E-state index is 0.337. The van der Waals surface area contributed by atoms with Gasteiger partial charge in [0.25, 0.3) is 0 Å². The van der Waals surface area contributed by atoms with Gasteiger partial charge in [-0.1, -0.05) is 37.4 Å². The first-order valence-electron chi connectivity index (χ1n) is 17.8. The van der Waals surface area contributed by atoms with Crippen LogP contribution in [0.25, 0.3) is 61.8 Å². The van der Waals surface area contributed by atoms with Crippen LogP contribution in [0.15, 0.2) is 129 Å².